The maximum Gasteiger partial charge on any atom is 0.326 e. The minimum absolute atomic E-state index is 0.0437. The van der Waals surface area contributed by atoms with Gasteiger partial charge in [0.25, 0.3) is 0 Å². The van der Waals surface area contributed by atoms with Gasteiger partial charge in [-0.1, -0.05) is 98.2 Å². The van der Waals surface area contributed by atoms with Crippen LogP contribution in [0.3, 0.4) is 0 Å². The van der Waals surface area contributed by atoms with E-state index in [1.165, 1.54) is 46.5 Å². The topological polar surface area (TPSA) is 455 Å². The third-order valence-corrected chi connectivity index (χ3v) is 21.4. The zero-order valence-corrected chi connectivity index (χ0v) is 76.3. The highest BCUT2D eigenvalue weighted by Crippen LogP contribution is 2.40. The molecule has 3 saturated heterocycles. The van der Waals surface area contributed by atoms with Gasteiger partial charge in [-0.15, -0.1) is 19.3 Å². The molecule has 7 aromatic rings. The second-order valence-electron chi connectivity index (χ2n) is 32.0. The molecule has 0 aliphatic carbocycles. The molecule has 37 nitrogen and oxygen atoms in total. The van der Waals surface area contributed by atoms with Crippen molar-refractivity contribution in [3.05, 3.63) is 121 Å². The molecule has 0 spiro atoms. The SMILES string of the molecule is C#CCOCCC(=O)CCCOCCOCCCC(=O)N[C@@H](Cc1ccc(C)cc1)C(=O)C[C@H]1C(O)C(n2cnc3c(N(C)C)ncnc32)O[C@@H]1CO.C#CCOCCC(=O)CCCOCCOCCNC(=O)n1ccnc1.C#CCOCCC(=O)N1CCOCCOCCCC1=O.Cc1ccc(C[C@H](C)C(=O)C[C@H]2C(O)C(n3cnc4c(C(C)C)ncnc43)O[C@@H]2CO)cc1. The number of imide groups is 1. The number of ether oxygens (including phenoxy) is 11. The summed E-state index contributed by atoms with van der Waals surface area (Å²) >= 11 is 0. The van der Waals surface area contributed by atoms with Crippen molar-refractivity contribution in [3.8, 4) is 37.0 Å². The normalized spacial score (nSPS) is 18.4. The zero-order chi connectivity index (χ0) is 94.7. The van der Waals surface area contributed by atoms with Crippen LogP contribution in [-0.2, 0) is 98.5 Å². The molecule has 5 aromatic heterocycles. The van der Waals surface area contributed by atoms with E-state index >= 15 is 0 Å². The van der Waals surface area contributed by atoms with Crippen LogP contribution >= 0.6 is 0 Å². The average molecular weight is 1820 g/mol. The zero-order valence-electron chi connectivity index (χ0n) is 76.3. The Labute approximate surface area is 765 Å². The molecule has 714 valence electrons. The van der Waals surface area contributed by atoms with Gasteiger partial charge in [0.2, 0.25) is 17.7 Å². The smallest absolute Gasteiger partial charge is 0.326 e. The van der Waals surface area contributed by atoms with E-state index in [4.69, 9.17) is 71.4 Å². The second-order valence-corrected chi connectivity index (χ2v) is 32.0. The number of hydrogen-bond donors (Lipinski definition) is 6. The van der Waals surface area contributed by atoms with Gasteiger partial charge in [-0.2, -0.15) is 0 Å². The molecule has 131 heavy (non-hydrogen) atoms. The molecule has 2 aromatic carbocycles. The second kappa shape index (κ2) is 60.4. The van der Waals surface area contributed by atoms with Gasteiger partial charge in [0.15, 0.2) is 40.9 Å². The van der Waals surface area contributed by atoms with Crippen molar-refractivity contribution in [2.75, 3.05) is 164 Å². The van der Waals surface area contributed by atoms with Crippen LogP contribution in [-0.4, -0.2) is 311 Å². The van der Waals surface area contributed by atoms with Crippen molar-refractivity contribution in [2.24, 2.45) is 17.8 Å². The Bertz CT molecular complexity index is 4720. The number of rotatable bonds is 50. The van der Waals surface area contributed by atoms with Crippen molar-refractivity contribution in [2.45, 2.75) is 180 Å². The molecule has 10 rings (SSSR count). The summed E-state index contributed by atoms with van der Waals surface area (Å²) in [7, 11) is 3.67. The fraction of sp³-hybridized carbons (Fsp3) is 0.585. The molecular weight excluding hydrogens is 1690 g/mol. The van der Waals surface area contributed by atoms with Crippen LogP contribution in [0.15, 0.2) is 92.6 Å². The third-order valence-electron chi connectivity index (χ3n) is 21.4. The number of aliphatic hydroxyl groups is 4. The van der Waals surface area contributed by atoms with Gasteiger partial charge in [-0.25, -0.2) is 39.7 Å². The minimum atomic E-state index is -1.17. The number of anilines is 1. The quantitative estimate of drug-likeness (QED) is 0.0188. The largest absolute Gasteiger partial charge is 0.394 e. The first-order chi connectivity index (χ1) is 63.4. The van der Waals surface area contributed by atoms with Gasteiger partial charge in [0.1, 0.15) is 73.9 Å². The summed E-state index contributed by atoms with van der Waals surface area (Å²) in [5.41, 5.74) is 7.24. The van der Waals surface area contributed by atoms with E-state index in [0.29, 0.717) is 191 Å². The van der Waals surface area contributed by atoms with E-state index in [-0.39, 0.29) is 130 Å². The number of amides is 4. The predicted octanol–water partition coefficient (Wildman–Crippen LogP) is 5.99. The Morgan fingerprint density at radius 3 is 1.58 bits per heavy atom. The number of terminal acetylenes is 3. The summed E-state index contributed by atoms with van der Waals surface area (Å²) in [4.78, 5) is 132. The maximum atomic E-state index is 13.9. The Kier molecular flexibility index (Phi) is 49.6. The number of nitrogens with one attached hydrogen (secondary N) is 2. The van der Waals surface area contributed by atoms with E-state index in [9.17, 15) is 58.8 Å². The summed E-state index contributed by atoms with van der Waals surface area (Å²) < 4.78 is 64.4. The lowest BCUT2D eigenvalue weighted by Gasteiger charge is -2.23. The molecule has 3 aliphatic heterocycles. The standard InChI is InChI=1S/C38H52N6O9.C25H32N4O4.C17H25N3O5.C14H21NO5/c1-5-15-50-18-14-28(46)8-6-16-51-19-20-52-17-7-9-33(48)42-30(21-27-12-10-26(2)11-13-27)31(47)22-29-32(23-45)53-38(35(29)49)44-25-41-34-36(43(3)4)39-24-40-37(34)44;1-14(2)21-22-24(27-12-26-21)29(13-28-22)25-23(32)18(20(11-30)33-25)10-19(31)16(4)9-17-7-5-15(3)6-8-17;1-2-9-23-11-5-16(21)4-3-10-24-13-14-25-12-7-19-17(22)20-8-6-18-15-20;1-2-7-18-9-5-14(17)15-6-10-20-12-11-19-8-3-4-13(15)16/h1,10-13,24-25,29-30,32,35,38,45,49H,6-9,14-23H2,2-4H3,(H,42,48);5-8,12-14,16,18,20,23,25,30,32H,9-11H2,1-4H3;1,6,8,15H,3-5,7,9-14H2,(H,19,22);1H,3-12H2/t29-,30+,32-,35?,38?;16-,18+,20+,23?,25?;;/m10../s1. The first-order valence-electron chi connectivity index (χ1n) is 44.4. The van der Waals surface area contributed by atoms with E-state index in [0.717, 1.165) is 22.4 Å². The molecule has 6 N–H and O–H groups in total. The lowest BCUT2D eigenvalue weighted by atomic mass is 9.86. The predicted molar refractivity (Wildman–Crippen MR) is 483 cm³/mol. The number of ketones is 4. The van der Waals surface area contributed by atoms with Gasteiger partial charge >= 0.3 is 6.03 Å². The van der Waals surface area contributed by atoms with E-state index in [1.54, 1.807) is 26.6 Å². The summed E-state index contributed by atoms with van der Waals surface area (Å²) in [6, 6.07) is 14.8. The highest BCUT2D eigenvalue weighted by atomic mass is 16.6. The Hall–Kier alpha value is -10.6. The summed E-state index contributed by atoms with van der Waals surface area (Å²) in [6.07, 6.45) is 25.7. The molecular formula is C94H130N14O23. The molecule has 8 heterocycles. The minimum Gasteiger partial charge on any atom is -0.394 e. The van der Waals surface area contributed by atoms with Crippen molar-refractivity contribution in [1.29, 1.82) is 0 Å². The Balaban J connectivity index is 0.000000257. The number of aliphatic hydroxyl groups excluding tert-OH is 4. The summed E-state index contributed by atoms with van der Waals surface area (Å²) in [6.45, 7) is 16.6. The average Bonchev–Trinajstić information content (AvgIpc) is 1.62. The highest BCUT2D eigenvalue weighted by Gasteiger charge is 2.48. The number of nitrogens with zero attached hydrogens (tertiary/aromatic N) is 12. The molecule has 0 radical (unpaired) electrons. The number of carbonyl (C=O) groups excluding carboxylic acids is 8. The third kappa shape index (κ3) is 37.2. The van der Waals surface area contributed by atoms with Crippen LogP contribution < -0.4 is 15.5 Å². The number of aromatic nitrogens is 10. The molecule has 37 heteroatoms. The number of fused-ring (bicyclic) bond motifs is 2. The van der Waals surface area contributed by atoms with E-state index < -0.39 is 61.4 Å². The molecule has 3 aliphatic rings. The van der Waals surface area contributed by atoms with Crippen LogP contribution in [0, 0.1) is 68.6 Å². The van der Waals surface area contributed by atoms with Crippen LogP contribution in [0.2, 0.25) is 0 Å². The Morgan fingerprint density at radius 1 is 0.565 bits per heavy atom. The summed E-state index contributed by atoms with van der Waals surface area (Å²) in [5, 5.41) is 48.3. The van der Waals surface area contributed by atoms with Crippen molar-refractivity contribution >= 4 is 75.0 Å². The molecule has 4 amide bonds. The lowest BCUT2D eigenvalue weighted by molar-refractivity contribution is -0.146. The molecule has 0 saturated carbocycles. The van der Waals surface area contributed by atoms with Gasteiger partial charge in [-0.3, -0.25) is 52.2 Å². The number of aryl methyl sites for hydroxylation is 2. The van der Waals surface area contributed by atoms with Gasteiger partial charge < -0.3 is 88.1 Å². The van der Waals surface area contributed by atoms with E-state index in [1.807, 2.05) is 97.2 Å². The first-order valence-corrected chi connectivity index (χ1v) is 44.4. The van der Waals surface area contributed by atoms with Gasteiger partial charge in [0, 0.05) is 129 Å². The molecule has 4 unspecified atom stereocenters. The molecule has 0 bridgehead atoms. The van der Waals surface area contributed by atoms with Gasteiger partial charge in [-0.05, 0) is 69.4 Å². The fourth-order valence-corrected chi connectivity index (χ4v) is 14.3. The number of hydrogen-bond acceptors (Lipinski definition) is 31. The van der Waals surface area contributed by atoms with Gasteiger partial charge in [0.05, 0.1) is 135 Å². The number of carbonyl (C=O) groups is 8. The highest BCUT2D eigenvalue weighted by molar-refractivity contribution is 5.95. The van der Waals surface area contributed by atoms with Crippen molar-refractivity contribution < 1.29 is 111 Å². The lowest BCUT2D eigenvalue weighted by Crippen LogP contribution is -2.44. The number of benzene rings is 2. The maximum absolute atomic E-state index is 13.9. The number of Topliss-reactive ketones (excluding diaryl/α,β-unsaturated/α-hetero) is 4. The molecule has 3 fully saturated rings. The van der Waals surface area contributed by atoms with Crippen LogP contribution in [0.25, 0.3) is 22.3 Å². The van der Waals surface area contributed by atoms with Crippen LogP contribution in [0.1, 0.15) is 151 Å². The van der Waals surface area contributed by atoms with E-state index in [2.05, 4.69) is 63.3 Å². The Morgan fingerprint density at radius 2 is 1.06 bits per heavy atom. The van der Waals surface area contributed by atoms with Crippen molar-refractivity contribution in [1.82, 2.24) is 64.1 Å². The monoisotopic (exact) mass is 1820 g/mol. The number of imidazole rings is 3. The van der Waals surface area contributed by atoms with Crippen molar-refractivity contribution in [3.63, 3.8) is 0 Å². The van der Waals surface area contributed by atoms with Crippen LogP contribution in [0.4, 0.5) is 10.6 Å². The first kappa shape index (κ1) is 107. The summed E-state index contributed by atoms with van der Waals surface area (Å²) in [5.74, 6) is 5.58. The van der Waals surface area contributed by atoms with Crippen LogP contribution in [0.5, 0.6) is 0 Å². The molecule has 10 atom stereocenters. The fourth-order valence-electron chi connectivity index (χ4n) is 14.3.